The van der Waals surface area contributed by atoms with Crippen LogP contribution in [0.5, 0.6) is 0 Å². The highest BCUT2D eigenvalue weighted by Crippen LogP contribution is 2.46. The Morgan fingerprint density at radius 2 is 1.83 bits per heavy atom. The van der Waals surface area contributed by atoms with Gasteiger partial charge >= 0.3 is 6.09 Å². The largest absolute Gasteiger partial charge is 0.444 e. The van der Waals surface area contributed by atoms with Crippen molar-refractivity contribution in [3.05, 3.63) is 48.6 Å². The third-order valence-corrected chi connectivity index (χ3v) is 8.57. The van der Waals surface area contributed by atoms with Gasteiger partial charge in [0.05, 0.1) is 5.25 Å². The molecule has 190 valence electrons. The normalized spacial score (nSPS) is 28.2. The second-order valence-corrected chi connectivity index (χ2v) is 12.6. The quantitative estimate of drug-likeness (QED) is 0.551. The van der Waals surface area contributed by atoms with Gasteiger partial charge in [-0.1, -0.05) is 36.4 Å². The van der Waals surface area contributed by atoms with E-state index >= 15 is 0 Å². The summed E-state index contributed by atoms with van der Waals surface area (Å²) in [5.74, 6) is -1.77. The molecule has 2 aliphatic carbocycles. The van der Waals surface area contributed by atoms with Crippen molar-refractivity contribution in [2.24, 2.45) is 5.92 Å². The van der Waals surface area contributed by atoms with Gasteiger partial charge in [0.15, 0.2) is 0 Å². The maximum absolute atomic E-state index is 13.5. The van der Waals surface area contributed by atoms with Crippen LogP contribution >= 0.6 is 0 Å². The number of likely N-dealkylation sites (tertiary alicyclic amines) is 1. The van der Waals surface area contributed by atoms with Crippen LogP contribution in [0.25, 0.3) is 0 Å². The molecule has 3 fully saturated rings. The minimum Gasteiger partial charge on any atom is -0.444 e. The van der Waals surface area contributed by atoms with Crippen LogP contribution in [0.3, 0.4) is 0 Å². The fourth-order valence-electron chi connectivity index (χ4n) is 4.59. The van der Waals surface area contributed by atoms with E-state index in [0.29, 0.717) is 19.3 Å². The van der Waals surface area contributed by atoms with Gasteiger partial charge in [0, 0.05) is 18.4 Å². The molecule has 0 spiro atoms. The van der Waals surface area contributed by atoms with Crippen molar-refractivity contribution >= 4 is 27.9 Å². The van der Waals surface area contributed by atoms with Gasteiger partial charge in [-0.05, 0) is 52.0 Å². The van der Waals surface area contributed by atoms with Gasteiger partial charge in [-0.2, -0.15) is 0 Å². The molecule has 3 amide bonds. The van der Waals surface area contributed by atoms with Crippen molar-refractivity contribution in [3.8, 4) is 0 Å². The van der Waals surface area contributed by atoms with Crippen molar-refractivity contribution in [2.45, 2.75) is 74.8 Å². The first-order valence-electron chi connectivity index (χ1n) is 11.9. The van der Waals surface area contributed by atoms with Gasteiger partial charge in [-0.25, -0.2) is 13.2 Å². The number of carbonyl (C=O) groups is 3. The number of nitrogens with one attached hydrogen (secondary N) is 2. The summed E-state index contributed by atoms with van der Waals surface area (Å²) in [6, 6.07) is 8.73. The Hall–Kier alpha value is -2.88. The first kappa shape index (κ1) is 25.2. The molecule has 2 N–H and O–H groups in total. The molecule has 1 saturated heterocycles. The average molecular weight is 504 g/mol. The Labute approximate surface area is 206 Å². The van der Waals surface area contributed by atoms with Crippen molar-refractivity contribution in [1.29, 1.82) is 0 Å². The minimum absolute atomic E-state index is 0.0890. The topological polar surface area (TPSA) is 122 Å². The number of amides is 3. The van der Waals surface area contributed by atoms with Crippen LogP contribution in [-0.4, -0.2) is 60.2 Å². The second-order valence-electron chi connectivity index (χ2n) is 10.7. The monoisotopic (exact) mass is 503 g/mol. The molecule has 0 aromatic heterocycles. The Morgan fingerprint density at radius 1 is 1.17 bits per heavy atom. The first-order chi connectivity index (χ1) is 16.4. The Balaban J connectivity index is 1.55. The van der Waals surface area contributed by atoms with Crippen molar-refractivity contribution in [3.63, 3.8) is 0 Å². The van der Waals surface area contributed by atoms with E-state index in [1.807, 2.05) is 30.3 Å². The number of hydrogen-bond acceptors (Lipinski definition) is 6. The van der Waals surface area contributed by atoms with E-state index in [1.54, 1.807) is 20.8 Å². The number of sulfonamides is 1. The van der Waals surface area contributed by atoms with Crippen molar-refractivity contribution < 1.29 is 27.5 Å². The first-order valence-corrected chi connectivity index (χ1v) is 13.5. The van der Waals surface area contributed by atoms with Crippen molar-refractivity contribution in [1.82, 2.24) is 14.9 Å². The Morgan fingerprint density at radius 3 is 2.37 bits per heavy atom. The zero-order valence-corrected chi connectivity index (χ0v) is 21.1. The molecule has 1 aromatic rings. The fraction of sp³-hybridized carbons (Fsp3) is 0.560. The molecular formula is C25H33N3O6S. The smallest absolute Gasteiger partial charge is 0.410 e. The molecule has 4 atom stereocenters. The number of benzene rings is 1. The Bertz CT molecular complexity index is 1130. The third kappa shape index (κ3) is 5.37. The summed E-state index contributed by atoms with van der Waals surface area (Å²) in [7, 11) is -3.77. The number of nitrogens with zero attached hydrogens (tertiary/aromatic N) is 1. The molecular weight excluding hydrogens is 470 g/mol. The number of rotatable bonds is 7. The molecule has 9 nitrogen and oxygen atoms in total. The second kappa shape index (κ2) is 8.96. The summed E-state index contributed by atoms with van der Waals surface area (Å²) < 4.78 is 32.4. The number of ether oxygens (including phenoxy) is 1. The summed E-state index contributed by atoms with van der Waals surface area (Å²) in [5, 5.41) is 2.21. The summed E-state index contributed by atoms with van der Waals surface area (Å²) in [4.78, 5) is 40.9. The molecule has 1 unspecified atom stereocenters. The summed E-state index contributed by atoms with van der Waals surface area (Å²) in [6.07, 6.45) is 2.56. The highest BCUT2D eigenvalue weighted by atomic mass is 32.2. The molecule has 4 rings (SSSR count). The Kier molecular flexibility index (Phi) is 6.46. The molecule has 2 saturated carbocycles. The molecule has 0 radical (unpaired) electrons. The van der Waals surface area contributed by atoms with Gasteiger partial charge in [0.2, 0.25) is 15.9 Å². The highest BCUT2D eigenvalue weighted by molar-refractivity contribution is 7.91. The van der Waals surface area contributed by atoms with E-state index < -0.39 is 56.3 Å². The summed E-state index contributed by atoms with van der Waals surface area (Å²) in [5.41, 5.74) is -1.15. The van der Waals surface area contributed by atoms with E-state index in [9.17, 15) is 22.8 Å². The van der Waals surface area contributed by atoms with E-state index in [1.165, 1.54) is 11.0 Å². The number of hydrogen-bond donors (Lipinski definition) is 2. The van der Waals surface area contributed by atoms with Crippen LogP contribution in [0.4, 0.5) is 4.79 Å². The van der Waals surface area contributed by atoms with E-state index in [0.717, 1.165) is 5.56 Å². The van der Waals surface area contributed by atoms with Crippen molar-refractivity contribution in [2.75, 3.05) is 6.54 Å². The number of carbonyl (C=O) groups excluding carboxylic acids is 3. The molecule has 10 heteroatoms. The van der Waals surface area contributed by atoms with Crippen LogP contribution in [0.1, 0.15) is 57.9 Å². The fourth-order valence-corrected chi connectivity index (χ4v) is 5.96. The maximum atomic E-state index is 13.5. The average Bonchev–Trinajstić information content (AvgIpc) is 3.69. The van der Waals surface area contributed by atoms with Gasteiger partial charge in [0.1, 0.15) is 17.2 Å². The highest BCUT2D eigenvalue weighted by Gasteiger charge is 2.62. The zero-order valence-electron chi connectivity index (χ0n) is 20.3. The lowest BCUT2D eigenvalue weighted by molar-refractivity contribution is -0.131. The summed E-state index contributed by atoms with van der Waals surface area (Å²) >= 11 is 0. The van der Waals surface area contributed by atoms with E-state index in [-0.39, 0.29) is 18.9 Å². The molecule has 1 heterocycles. The molecule has 0 bridgehead atoms. The van der Waals surface area contributed by atoms with E-state index in [4.69, 9.17) is 4.74 Å². The minimum atomic E-state index is -3.77. The SMILES string of the molecule is C=C[C@@H]1C[C@]1(NC(=O)C1C[C@@H](c2ccccc2)CN1C(=O)OC(C)(C)C)C(=O)NS(=O)(=O)C1CC1. The van der Waals surface area contributed by atoms with Crippen LogP contribution in [0, 0.1) is 5.92 Å². The molecule has 1 aliphatic heterocycles. The molecule has 35 heavy (non-hydrogen) atoms. The molecule has 1 aromatic carbocycles. The van der Waals surface area contributed by atoms with Crippen LogP contribution in [0.2, 0.25) is 0 Å². The zero-order chi connectivity index (χ0) is 25.6. The van der Waals surface area contributed by atoms with Crippen LogP contribution in [-0.2, 0) is 24.3 Å². The van der Waals surface area contributed by atoms with Gasteiger partial charge in [-0.3, -0.25) is 19.2 Å². The van der Waals surface area contributed by atoms with Gasteiger partial charge in [0.25, 0.3) is 5.91 Å². The van der Waals surface area contributed by atoms with Crippen LogP contribution in [0.15, 0.2) is 43.0 Å². The predicted molar refractivity (Wildman–Crippen MR) is 130 cm³/mol. The third-order valence-electron chi connectivity index (χ3n) is 6.75. The van der Waals surface area contributed by atoms with Gasteiger partial charge < -0.3 is 10.1 Å². The van der Waals surface area contributed by atoms with E-state index in [2.05, 4.69) is 16.6 Å². The lowest BCUT2D eigenvalue weighted by Crippen LogP contribution is -2.56. The molecule has 3 aliphatic rings. The lowest BCUT2D eigenvalue weighted by Gasteiger charge is -2.29. The maximum Gasteiger partial charge on any atom is 0.410 e. The summed E-state index contributed by atoms with van der Waals surface area (Å²) in [6.45, 7) is 9.27. The van der Waals surface area contributed by atoms with Crippen LogP contribution < -0.4 is 10.0 Å². The van der Waals surface area contributed by atoms with Gasteiger partial charge in [-0.15, -0.1) is 6.58 Å². The lowest BCUT2D eigenvalue weighted by atomic mass is 9.96. The standard InChI is InChI=1S/C25H33N3O6S/c1-5-18-14-25(18,22(30)27-35(32,33)19-11-12-19)26-21(29)20-13-17(16-9-7-6-8-10-16)15-28(20)23(31)34-24(2,3)4/h5-10,17-20H,1,11-15H2,2-4H3,(H,26,29)(H,27,30)/t17-,18-,20?,25-/m1/s1. The predicted octanol–water partition coefficient (Wildman–Crippen LogP) is 2.45.